The number of aryl methyl sites for hydroxylation is 1. The van der Waals surface area contributed by atoms with E-state index in [1.165, 1.54) is 12.3 Å². The zero-order chi connectivity index (χ0) is 16.2. The number of aromatic nitrogens is 4. The van der Waals surface area contributed by atoms with E-state index in [4.69, 9.17) is 4.74 Å². The van der Waals surface area contributed by atoms with Crippen LogP contribution in [-0.2, 0) is 11.3 Å². The zero-order valence-electron chi connectivity index (χ0n) is 12.8. The second kappa shape index (κ2) is 6.55. The Morgan fingerprint density at radius 1 is 1.39 bits per heavy atom. The van der Waals surface area contributed by atoms with Crippen LogP contribution in [0.25, 0.3) is 0 Å². The maximum atomic E-state index is 12.3. The molecule has 0 aliphatic carbocycles. The van der Waals surface area contributed by atoms with Gasteiger partial charge in [0, 0.05) is 37.5 Å². The average Bonchev–Trinajstić information content (AvgIpc) is 2.98. The van der Waals surface area contributed by atoms with Crippen LogP contribution in [0.2, 0.25) is 0 Å². The van der Waals surface area contributed by atoms with E-state index in [2.05, 4.69) is 15.1 Å². The lowest BCUT2D eigenvalue weighted by atomic mass is 10.3. The molecule has 8 heteroatoms. The van der Waals surface area contributed by atoms with E-state index in [1.54, 1.807) is 30.2 Å². The Bertz CT molecular complexity index is 761. The minimum absolute atomic E-state index is 0.0565. The highest BCUT2D eigenvalue weighted by Crippen LogP contribution is 2.16. The van der Waals surface area contributed by atoms with Gasteiger partial charge >= 0.3 is 0 Å². The summed E-state index contributed by atoms with van der Waals surface area (Å²) in [6, 6.07) is 4.63. The fraction of sp³-hybridized carbons (Fsp3) is 0.400. The van der Waals surface area contributed by atoms with Gasteiger partial charge in [-0.3, -0.25) is 9.59 Å². The van der Waals surface area contributed by atoms with Crippen LogP contribution in [0.3, 0.4) is 0 Å². The van der Waals surface area contributed by atoms with E-state index in [-0.39, 0.29) is 24.1 Å². The first-order chi connectivity index (χ1) is 11.1. The molecule has 0 N–H and O–H groups in total. The van der Waals surface area contributed by atoms with E-state index in [0.29, 0.717) is 24.8 Å². The summed E-state index contributed by atoms with van der Waals surface area (Å²) < 4.78 is 6.94. The summed E-state index contributed by atoms with van der Waals surface area (Å²) in [5, 5.41) is 3.89. The summed E-state index contributed by atoms with van der Waals surface area (Å²) >= 11 is 0. The highest BCUT2D eigenvalue weighted by molar-refractivity contribution is 5.76. The molecule has 1 aliphatic heterocycles. The van der Waals surface area contributed by atoms with Crippen molar-refractivity contribution in [2.45, 2.75) is 26.0 Å². The van der Waals surface area contributed by atoms with Gasteiger partial charge in [-0.05, 0) is 13.0 Å². The van der Waals surface area contributed by atoms with Crippen LogP contribution >= 0.6 is 0 Å². The molecular formula is C15H17N5O3. The van der Waals surface area contributed by atoms with Crippen molar-refractivity contribution in [1.29, 1.82) is 0 Å². The predicted molar refractivity (Wildman–Crippen MR) is 80.9 cm³/mol. The molecule has 3 rings (SSSR count). The number of carbonyl (C=O) groups excluding carboxylic acids is 1. The van der Waals surface area contributed by atoms with Crippen molar-refractivity contribution in [3.63, 3.8) is 0 Å². The quantitative estimate of drug-likeness (QED) is 0.790. The Morgan fingerprint density at radius 3 is 3.04 bits per heavy atom. The number of rotatable bonds is 4. The summed E-state index contributed by atoms with van der Waals surface area (Å²) in [5.74, 6) is 1.01. The molecule has 1 atom stereocenters. The van der Waals surface area contributed by atoms with Gasteiger partial charge < -0.3 is 9.64 Å². The van der Waals surface area contributed by atoms with Crippen LogP contribution in [0.15, 0.2) is 35.4 Å². The van der Waals surface area contributed by atoms with Gasteiger partial charge in [-0.15, -0.1) is 0 Å². The largest absolute Gasteiger partial charge is 0.472 e. The van der Waals surface area contributed by atoms with Crippen molar-refractivity contribution >= 4 is 5.91 Å². The molecule has 2 aromatic heterocycles. The van der Waals surface area contributed by atoms with Crippen molar-refractivity contribution in [3.05, 3.63) is 46.8 Å². The molecular weight excluding hydrogens is 298 g/mol. The van der Waals surface area contributed by atoms with Gasteiger partial charge in [-0.25, -0.2) is 9.67 Å². The standard InChI is InChI=1S/C15H17N5O3/c1-11-16-7-4-13(18-11)23-12-5-8-19(9-12)15(22)10-20-14(21)3-2-6-17-20/h2-4,6-7,12H,5,8-10H2,1H3/t12-/m0/s1. The van der Waals surface area contributed by atoms with Gasteiger partial charge in [-0.1, -0.05) is 0 Å². The van der Waals surface area contributed by atoms with Crippen molar-refractivity contribution < 1.29 is 9.53 Å². The Balaban J connectivity index is 1.58. The minimum atomic E-state index is -0.288. The molecule has 3 heterocycles. The van der Waals surface area contributed by atoms with Crippen molar-refractivity contribution in [3.8, 4) is 5.88 Å². The molecule has 1 fully saturated rings. The molecule has 0 aromatic carbocycles. The van der Waals surface area contributed by atoms with Crippen LogP contribution in [0.5, 0.6) is 5.88 Å². The van der Waals surface area contributed by atoms with Crippen LogP contribution < -0.4 is 10.3 Å². The second-order valence-corrected chi connectivity index (χ2v) is 5.33. The smallest absolute Gasteiger partial charge is 0.267 e. The van der Waals surface area contributed by atoms with Crippen LogP contribution in [0.1, 0.15) is 12.2 Å². The number of hydrogen-bond acceptors (Lipinski definition) is 6. The van der Waals surface area contributed by atoms with Crippen LogP contribution in [-0.4, -0.2) is 49.7 Å². The third kappa shape index (κ3) is 3.71. The highest BCUT2D eigenvalue weighted by Gasteiger charge is 2.28. The summed E-state index contributed by atoms with van der Waals surface area (Å²) in [4.78, 5) is 33.8. The molecule has 0 radical (unpaired) electrons. The lowest BCUT2D eigenvalue weighted by molar-refractivity contribution is -0.131. The first-order valence-corrected chi connectivity index (χ1v) is 7.38. The van der Waals surface area contributed by atoms with Gasteiger partial charge in [0.25, 0.3) is 5.56 Å². The van der Waals surface area contributed by atoms with Gasteiger partial charge in [-0.2, -0.15) is 10.1 Å². The van der Waals surface area contributed by atoms with E-state index in [0.717, 1.165) is 11.1 Å². The van der Waals surface area contributed by atoms with Gasteiger partial charge in [0.05, 0.1) is 6.54 Å². The molecule has 0 spiro atoms. The van der Waals surface area contributed by atoms with E-state index in [1.807, 2.05) is 0 Å². The normalized spacial score (nSPS) is 17.3. The van der Waals surface area contributed by atoms with Crippen LogP contribution in [0.4, 0.5) is 0 Å². The summed E-state index contributed by atoms with van der Waals surface area (Å²) in [5.41, 5.74) is -0.288. The maximum Gasteiger partial charge on any atom is 0.267 e. The molecule has 0 bridgehead atoms. The molecule has 8 nitrogen and oxygen atoms in total. The van der Waals surface area contributed by atoms with Crippen molar-refractivity contribution in [2.24, 2.45) is 0 Å². The molecule has 1 amide bonds. The predicted octanol–water partition coefficient (Wildman–Crippen LogP) is 0.0216. The van der Waals surface area contributed by atoms with Crippen molar-refractivity contribution in [2.75, 3.05) is 13.1 Å². The number of nitrogens with zero attached hydrogens (tertiary/aromatic N) is 5. The van der Waals surface area contributed by atoms with Gasteiger partial charge in [0.2, 0.25) is 11.8 Å². The zero-order valence-corrected chi connectivity index (χ0v) is 12.8. The van der Waals surface area contributed by atoms with E-state index >= 15 is 0 Å². The Morgan fingerprint density at radius 2 is 2.26 bits per heavy atom. The summed E-state index contributed by atoms with van der Waals surface area (Å²) in [7, 11) is 0. The first kappa shape index (κ1) is 15.1. The third-order valence-corrected chi connectivity index (χ3v) is 3.61. The topological polar surface area (TPSA) is 90.2 Å². The molecule has 0 unspecified atom stereocenters. The third-order valence-electron chi connectivity index (χ3n) is 3.61. The highest BCUT2D eigenvalue weighted by atomic mass is 16.5. The summed E-state index contributed by atoms with van der Waals surface area (Å²) in [6.45, 7) is 2.81. The Kier molecular flexibility index (Phi) is 4.31. The minimum Gasteiger partial charge on any atom is -0.472 e. The SMILES string of the molecule is Cc1nccc(O[C@H]2CCN(C(=O)Cn3ncccc3=O)C2)n1. The van der Waals surface area contributed by atoms with Crippen LogP contribution in [0, 0.1) is 6.92 Å². The maximum absolute atomic E-state index is 12.3. The second-order valence-electron chi connectivity index (χ2n) is 5.33. The average molecular weight is 315 g/mol. The Hall–Kier alpha value is -2.77. The fourth-order valence-corrected chi connectivity index (χ4v) is 2.46. The van der Waals surface area contributed by atoms with E-state index < -0.39 is 0 Å². The Labute approximate surface area is 132 Å². The molecule has 1 saturated heterocycles. The monoisotopic (exact) mass is 315 g/mol. The van der Waals surface area contributed by atoms with Gasteiger partial charge in [0.1, 0.15) is 18.5 Å². The number of likely N-dealkylation sites (tertiary alicyclic amines) is 1. The molecule has 0 saturated carbocycles. The molecule has 1 aliphatic rings. The number of carbonyl (C=O) groups is 1. The fourth-order valence-electron chi connectivity index (χ4n) is 2.46. The lowest BCUT2D eigenvalue weighted by Gasteiger charge is -2.17. The van der Waals surface area contributed by atoms with Crippen molar-refractivity contribution in [1.82, 2.24) is 24.6 Å². The number of hydrogen-bond donors (Lipinski definition) is 0. The lowest BCUT2D eigenvalue weighted by Crippen LogP contribution is -2.36. The first-order valence-electron chi connectivity index (χ1n) is 7.38. The molecule has 23 heavy (non-hydrogen) atoms. The molecule has 2 aromatic rings. The van der Waals surface area contributed by atoms with E-state index in [9.17, 15) is 9.59 Å². The van der Waals surface area contributed by atoms with Gasteiger partial charge in [0.15, 0.2) is 0 Å². The molecule has 120 valence electrons. The number of ether oxygens (including phenoxy) is 1. The summed E-state index contributed by atoms with van der Waals surface area (Å²) in [6.07, 6.45) is 3.76. The number of amides is 1.